The molecule has 0 aliphatic heterocycles. The summed E-state index contributed by atoms with van der Waals surface area (Å²) in [5, 5.41) is 12.2. The smallest absolute Gasteiger partial charge is 0.311 e. The minimum atomic E-state index is -0.321. The fourth-order valence-corrected chi connectivity index (χ4v) is 3.51. The maximum absolute atomic E-state index is 12.5. The van der Waals surface area contributed by atoms with E-state index in [0.29, 0.717) is 23.1 Å². The molecule has 0 aromatic carbocycles. The lowest BCUT2D eigenvalue weighted by Gasteiger charge is -2.02. The van der Waals surface area contributed by atoms with E-state index in [2.05, 4.69) is 20.5 Å². The van der Waals surface area contributed by atoms with E-state index in [-0.39, 0.29) is 18.3 Å². The lowest BCUT2D eigenvalue weighted by Crippen LogP contribution is -2.15. The molecule has 128 valence electrons. The van der Waals surface area contributed by atoms with Gasteiger partial charge in [0.1, 0.15) is 0 Å². The number of hydrogen-bond donors (Lipinski definition) is 2. The van der Waals surface area contributed by atoms with Crippen molar-refractivity contribution in [1.29, 1.82) is 0 Å². The molecule has 0 saturated carbocycles. The number of aromatic nitrogens is 3. The summed E-state index contributed by atoms with van der Waals surface area (Å²) in [6.45, 7) is 2.11. The Kier molecular flexibility index (Phi) is 5.24. The average Bonchev–Trinajstić information content (AvgIpc) is 3.08. The lowest BCUT2D eigenvalue weighted by atomic mass is 10.1. The second-order valence-electron chi connectivity index (χ2n) is 5.67. The van der Waals surface area contributed by atoms with Crippen LogP contribution in [0.1, 0.15) is 53.6 Å². The van der Waals surface area contributed by atoms with Crippen molar-refractivity contribution in [2.24, 2.45) is 0 Å². The summed E-state index contributed by atoms with van der Waals surface area (Å²) in [7, 11) is 0. The highest BCUT2D eigenvalue weighted by Gasteiger charge is 2.21. The van der Waals surface area contributed by atoms with E-state index in [9.17, 15) is 9.59 Å². The van der Waals surface area contributed by atoms with Crippen LogP contribution in [0, 0.1) is 0 Å². The fraction of sp³-hybridized carbons (Fsp3) is 0.500. The number of nitrogens with one attached hydrogen (secondary N) is 2. The normalized spacial score (nSPS) is 13.9. The van der Waals surface area contributed by atoms with E-state index in [0.717, 1.165) is 36.9 Å². The van der Waals surface area contributed by atoms with E-state index >= 15 is 0 Å². The molecule has 0 spiro atoms. The lowest BCUT2D eigenvalue weighted by molar-refractivity contribution is -0.142. The van der Waals surface area contributed by atoms with Gasteiger partial charge in [-0.3, -0.25) is 20.0 Å². The van der Waals surface area contributed by atoms with Gasteiger partial charge in [0, 0.05) is 16.6 Å². The molecule has 2 N–H and O–H groups in total. The Morgan fingerprint density at radius 3 is 3.00 bits per heavy atom. The highest BCUT2D eigenvalue weighted by atomic mass is 32.1. The number of carbonyl (C=O) groups excluding carboxylic acids is 2. The van der Waals surface area contributed by atoms with Crippen LogP contribution in [0.5, 0.6) is 0 Å². The van der Waals surface area contributed by atoms with Gasteiger partial charge >= 0.3 is 5.97 Å². The Bertz CT molecular complexity index is 738. The van der Waals surface area contributed by atoms with Gasteiger partial charge in [-0.2, -0.15) is 5.10 Å². The number of amides is 1. The number of anilines is 1. The number of hydrogen-bond acceptors (Lipinski definition) is 6. The number of fused-ring (bicyclic) bond motifs is 1. The highest BCUT2D eigenvalue weighted by molar-refractivity contribution is 7.14. The molecule has 0 unspecified atom stereocenters. The fourth-order valence-electron chi connectivity index (χ4n) is 2.81. The molecular formula is C16H20N4O3S. The molecule has 2 heterocycles. The van der Waals surface area contributed by atoms with E-state index in [1.807, 2.05) is 0 Å². The average molecular weight is 348 g/mol. The van der Waals surface area contributed by atoms with Crippen molar-refractivity contribution < 1.29 is 14.3 Å². The first-order valence-electron chi connectivity index (χ1n) is 8.15. The zero-order chi connectivity index (χ0) is 16.9. The zero-order valence-corrected chi connectivity index (χ0v) is 14.4. The van der Waals surface area contributed by atoms with E-state index in [1.54, 1.807) is 12.3 Å². The summed E-state index contributed by atoms with van der Waals surface area (Å²) in [5.41, 5.74) is 3.14. The minimum Gasteiger partial charge on any atom is -0.466 e. The summed E-state index contributed by atoms with van der Waals surface area (Å²) < 4.78 is 4.89. The first kappa shape index (κ1) is 16.6. The Morgan fingerprint density at radius 2 is 2.17 bits per heavy atom. The Balaban J connectivity index is 1.66. The van der Waals surface area contributed by atoms with Gasteiger partial charge in [0.05, 0.1) is 18.7 Å². The van der Waals surface area contributed by atoms with Crippen molar-refractivity contribution in [2.45, 2.75) is 45.4 Å². The second kappa shape index (κ2) is 7.57. The maximum atomic E-state index is 12.5. The van der Waals surface area contributed by atoms with Gasteiger partial charge in [0.15, 0.2) is 10.8 Å². The summed E-state index contributed by atoms with van der Waals surface area (Å²) in [6, 6.07) is 0. The number of ether oxygens (including phenoxy) is 1. The predicted octanol–water partition coefficient (Wildman–Crippen LogP) is 2.49. The van der Waals surface area contributed by atoms with Gasteiger partial charge in [-0.1, -0.05) is 6.42 Å². The van der Waals surface area contributed by atoms with Crippen molar-refractivity contribution >= 4 is 28.3 Å². The summed E-state index contributed by atoms with van der Waals surface area (Å²) in [4.78, 5) is 28.2. The van der Waals surface area contributed by atoms with Gasteiger partial charge in [-0.05, 0) is 32.6 Å². The van der Waals surface area contributed by atoms with E-state index < -0.39 is 0 Å². The standard InChI is InChI=1S/C16H20N4O3S/c1-2-23-13(21)8-10-9-24-16(17-10)18-15(22)14-11-6-4-3-5-7-12(11)19-20-14/h9H,2-8H2,1H3,(H,19,20)(H,17,18,22). The first-order chi connectivity index (χ1) is 11.7. The van der Waals surface area contributed by atoms with Gasteiger partial charge in [-0.25, -0.2) is 4.98 Å². The van der Waals surface area contributed by atoms with Gasteiger partial charge in [-0.15, -0.1) is 11.3 Å². The van der Waals surface area contributed by atoms with Crippen molar-refractivity contribution in [3.05, 3.63) is 28.0 Å². The number of nitrogens with zero attached hydrogens (tertiary/aromatic N) is 2. The summed E-state index contributed by atoms with van der Waals surface area (Å²) in [5.74, 6) is -0.579. The highest BCUT2D eigenvalue weighted by Crippen LogP contribution is 2.23. The number of aryl methyl sites for hydroxylation is 1. The van der Waals surface area contributed by atoms with Crippen LogP contribution in [0.2, 0.25) is 0 Å². The molecule has 8 heteroatoms. The monoisotopic (exact) mass is 348 g/mol. The molecule has 1 aliphatic rings. The minimum absolute atomic E-state index is 0.109. The largest absolute Gasteiger partial charge is 0.466 e. The molecule has 24 heavy (non-hydrogen) atoms. The molecule has 1 amide bonds. The van der Waals surface area contributed by atoms with Crippen LogP contribution in [0.15, 0.2) is 5.38 Å². The third kappa shape index (κ3) is 3.81. The van der Waals surface area contributed by atoms with Gasteiger partial charge in [0.25, 0.3) is 5.91 Å². The van der Waals surface area contributed by atoms with Crippen LogP contribution >= 0.6 is 11.3 Å². The molecule has 2 aromatic rings. The first-order valence-corrected chi connectivity index (χ1v) is 9.02. The van der Waals surface area contributed by atoms with E-state index in [4.69, 9.17) is 4.74 Å². The third-order valence-electron chi connectivity index (χ3n) is 3.92. The van der Waals surface area contributed by atoms with Crippen LogP contribution in [0.25, 0.3) is 0 Å². The third-order valence-corrected chi connectivity index (χ3v) is 4.73. The molecule has 0 bridgehead atoms. The number of aromatic amines is 1. The van der Waals surface area contributed by atoms with Crippen molar-refractivity contribution in [3.63, 3.8) is 0 Å². The molecule has 3 rings (SSSR count). The van der Waals surface area contributed by atoms with E-state index in [1.165, 1.54) is 17.8 Å². The molecule has 0 fully saturated rings. The zero-order valence-electron chi connectivity index (χ0n) is 13.6. The number of rotatable bonds is 5. The molecular weight excluding hydrogens is 328 g/mol. The van der Waals surface area contributed by atoms with Crippen LogP contribution < -0.4 is 5.32 Å². The Morgan fingerprint density at radius 1 is 1.33 bits per heavy atom. The SMILES string of the molecule is CCOC(=O)Cc1csc(NC(=O)c2n[nH]c3c2CCCCC3)n1. The number of H-pyrrole nitrogens is 1. The molecule has 2 aromatic heterocycles. The molecule has 0 atom stereocenters. The number of carbonyl (C=O) groups is 2. The van der Waals surface area contributed by atoms with Crippen molar-refractivity contribution in [3.8, 4) is 0 Å². The predicted molar refractivity (Wildman–Crippen MR) is 90.3 cm³/mol. The second-order valence-corrected chi connectivity index (χ2v) is 6.53. The Labute approximate surface area is 143 Å². The van der Waals surface area contributed by atoms with Crippen LogP contribution in [-0.2, 0) is 28.8 Å². The van der Waals surface area contributed by atoms with Gasteiger partial charge < -0.3 is 4.74 Å². The van der Waals surface area contributed by atoms with Crippen molar-refractivity contribution in [2.75, 3.05) is 11.9 Å². The molecule has 1 aliphatic carbocycles. The summed E-state index contributed by atoms with van der Waals surface area (Å²) in [6.07, 6.45) is 5.30. The van der Waals surface area contributed by atoms with Crippen molar-refractivity contribution in [1.82, 2.24) is 15.2 Å². The topological polar surface area (TPSA) is 97.0 Å². The van der Waals surface area contributed by atoms with Crippen LogP contribution in [-0.4, -0.2) is 33.7 Å². The van der Waals surface area contributed by atoms with Gasteiger partial charge in [0.2, 0.25) is 0 Å². The quantitative estimate of drug-likeness (QED) is 0.639. The summed E-state index contributed by atoms with van der Waals surface area (Å²) >= 11 is 1.29. The molecule has 7 nitrogen and oxygen atoms in total. The molecule has 0 saturated heterocycles. The maximum Gasteiger partial charge on any atom is 0.311 e. The molecule has 0 radical (unpaired) electrons. The Hall–Kier alpha value is -2.22. The number of thiazole rings is 1. The number of esters is 1. The van der Waals surface area contributed by atoms with Crippen LogP contribution in [0.3, 0.4) is 0 Å². The van der Waals surface area contributed by atoms with Crippen LogP contribution in [0.4, 0.5) is 5.13 Å².